The second-order valence-corrected chi connectivity index (χ2v) is 14.0. The summed E-state index contributed by atoms with van der Waals surface area (Å²) in [6.07, 6.45) is 0. The standard InChI is InChI=1S/C48H32N2S/c1-2-13-33(14-3-1)34-25-29-36(30-26-34)49(45-22-12-24-47-48(45)41-18-7-11-23-46(41)51-47)37-31-27-35(28-32-37)38-15-4-8-19-42(38)50-43-20-9-5-16-39(43)40-17-6-10-21-44(40)50/h1-32H. The first kappa shape index (κ1) is 29.5. The highest BCUT2D eigenvalue weighted by Crippen LogP contribution is 2.45. The summed E-state index contributed by atoms with van der Waals surface area (Å²) in [6.45, 7) is 0. The van der Waals surface area contributed by atoms with E-state index in [4.69, 9.17) is 0 Å². The van der Waals surface area contributed by atoms with Crippen LogP contribution in [0.15, 0.2) is 194 Å². The van der Waals surface area contributed by atoms with Crippen molar-refractivity contribution in [2.45, 2.75) is 0 Å². The third-order valence-corrected chi connectivity index (χ3v) is 11.2. The van der Waals surface area contributed by atoms with Crippen molar-refractivity contribution in [1.82, 2.24) is 4.57 Å². The van der Waals surface area contributed by atoms with Crippen molar-refractivity contribution in [3.05, 3.63) is 194 Å². The largest absolute Gasteiger partial charge is 0.310 e. The molecule has 0 unspecified atom stereocenters. The summed E-state index contributed by atoms with van der Waals surface area (Å²) < 4.78 is 5.00. The van der Waals surface area contributed by atoms with Gasteiger partial charge < -0.3 is 9.47 Å². The fourth-order valence-electron chi connectivity index (χ4n) is 7.69. The molecule has 0 atom stereocenters. The van der Waals surface area contributed by atoms with Crippen LogP contribution < -0.4 is 4.90 Å². The van der Waals surface area contributed by atoms with Gasteiger partial charge in [0.2, 0.25) is 0 Å². The number of para-hydroxylation sites is 3. The molecule has 2 nitrogen and oxygen atoms in total. The Kier molecular flexibility index (Phi) is 7.04. The van der Waals surface area contributed by atoms with Crippen molar-refractivity contribution in [3.8, 4) is 27.9 Å². The molecule has 2 aromatic heterocycles. The highest BCUT2D eigenvalue weighted by Gasteiger charge is 2.20. The van der Waals surface area contributed by atoms with Gasteiger partial charge in [-0.25, -0.2) is 0 Å². The molecule has 0 aliphatic heterocycles. The lowest BCUT2D eigenvalue weighted by Gasteiger charge is -2.27. The maximum atomic E-state index is 2.42. The number of nitrogens with zero attached hydrogens (tertiary/aromatic N) is 2. The topological polar surface area (TPSA) is 8.17 Å². The quantitative estimate of drug-likeness (QED) is 0.171. The fraction of sp³-hybridized carbons (Fsp3) is 0. The molecular formula is C48H32N2S. The Hall–Kier alpha value is -6.42. The summed E-state index contributed by atoms with van der Waals surface area (Å²) in [6, 6.07) is 70.3. The van der Waals surface area contributed by atoms with Crippen LogP contribution in [0.5, 0.6) is 0 Å². The first-order valence-electron chi connectivity index (χ1n) is 17.4. The summed E-state index contributed by atoms with van der Waals surface area (Å²) in [5.74, 6) is 0. The van der Waals surface area contributed by atoms with Crippen LogP contribution in [-0.4, -0.2) is 4.57 Å². The van der Waals surface area contributed by atoms with Crippen molar-refractivity contribution in [2.24, 2.45) is 0 Å². The lowest BCUT2D eigenvalue weighted by Crippen LogP contribution is -2.10. The lowest BCUT2D eigenvalue weighted by molar-refractivity contribution is 1.18. The number of fused-ring (bicyclic) bond motifs is 6. The Morgan fingerprint density at radius 2 is 0.902 bits per heavy atom. The van der Waals surface area contributed by atoms with Crippen molar-refractivity contribution >= 4 is 70.4 Å². The van der Waals surface area contributed by atoms with E-state index in [1.54, 1.807) is 0 Å². The second kappa shape index (κ2) is 12.2. The molecule has 51 heavy (non-hydrogen) atoms. The van der Waals surface area contributed by atoms with Crippen LogP contribution in [0.2, 0.25) is 0 Å². The predicted molar refractivity (Wildman–Crippen MR) is 219 cm³/mol. The van der Waals surface area contributed by atoms with E-state index in [0.717, 1.165) is 11.4 Å². The molecule has 0 saturated carbocycles. The number of hydrogen-bond donors (Lipinski definition) is 0. The van der Waals surface area contributed by atoms with Gasteiger partial charge in [-0.1, -0.05) is 133 Å². The zero-order chi connectivity index (χ0) is 33.7. The van der Waals surface area contributed by atoms with Crippen molar-refractivity contribution in [3.63, 3.8) is 0 Å². The van der Waals surface area contributed by atoms with Gasteiger partial charge in [0, 0.05) is 47.9 Å². The number of thiophene rings is 1. The third kappa shape index (κ3) is 4.93. The van der Waals surface area contributed by atoms with Crippen LogP contribution in [0.4, 0.5) is 17.1 Å². The Morgan fingerprint density at radius 1 is 0.373 bits per heavy atom. The van der Waals surface area contributed by atoms with Crippen LogP contribution in [0.3, 0.4) is 0 Å². The number of anilines is 3. The maximum absolute atomic E-state index is 2.42. The van der Waals surface area contributed by atoms with Crippen LogP contribution in [0, 0.1) is 0 Å². The first-order valence-corrected chi connectivity index (χ1v) is 18.2. The van der Waals surface area contributed by atoms with E-state index >= 15 is 0 Å². The average molecular weight is 669 g/mol. The molecule has 0 radical (unpaired) electrons. The molecule has 0 saturated heterocycles. The third-order valence-electron chi connectivity index (χ3n) is 10.0. The van der Waals surface area contributed by atoms with E-state index in [1.807, 2.05) is 11.3 Å². The van der Waals surface area contributed by atoms with Crippen LogP contribution in [0.25, 0.3) is 69.9 Å². The zero-order valence-corrected chi connectivity index (χ0v) is 28.6. The van der Waals surface area contributed by atoms with E-state index in [-0.39, 0.29) is 0 Å². The highest BCUT2D eigenvalue weighted by atomic mass is 32.1. The average Bonchev–Trinajstić information content (AvgIpc) is 3.75. The SMILES string of the molecule is c1ccc(-c2ccc(N(c3ccc(-c4ccccc4-n4c5ccccc5c5ccccc54)cc3)c3cccc4sc5ccccc5c34)cc2)cc1. The summed E-state index contributed by atoms with van der Waals surface area (Å²) in [5, 5.41) is 5.10. The molecular weight excluding hydrogens is 637 g/mol. The number of aromatic nitrogens is 1. The predicted octanol–water partition coefficient (Wildman–Crippen LogP) is 14.0. The number of hydrogen-bond acceptors (Lipinski definition) is 2. The molecule has 2 heterocycles. The van der Waals surface area contributed by atoms with Gasteiger partial charge in [-0.2, -0.15) is 0 Å². The molecule has 8 aromatic carbocycles. The number of benzene rings is 8. The fourth-order valence-corrected chi connectivity index (χ4v) is 8.81. The summed E-state index contributed by atoms with van der Waals surface area (Å²) in [7, 11) is 0. The molecule has 0 spiro atoms. The molecule has 0 N–H and O–H groups in total. The van der Waals surface area contributed by atoms with Gasteiger partial charge in [-0.05, 0) is 77.4 Å². The van der Waals surface area contributed by atoms with Gasteiger partial charge in [0.05, 0.1) is 22.4 Å². The minimum atomic E-state index is 1.11. The zero-order valence-electron chi connectivity index (χ0n) is 27.8. The van der Waals surface area contributed by atoms with Gasteiger partial charge in [0.1, 0.15) is 0 Å². The van der Waals surface area contributed by atoms with Crippen LogP contribution in [-0.2, 0) is 0 Å². The molecule has 10 rings (SSSR count). The van der Waals surface area contributed by atoms with E-state index in [9.17, 15) is 0 Å². The Balaban J connectivity index is 1.13. The highest BCUT2D eigenvalue weighted by molar-refractivity contribution is 7.26. The van der Waals surface area contributed by atoms with E-state index in [2.05, 4.69) is 204 Å². The summed E-state index contributed by atoms with van der Waals surface area (Å²) in [5.41, 5.74) is 11.8. The van der Waals surface area contributed by atoms with Gasteiger partial charge in [-0.3, -0.25) is 0 Å². The monoisotopic (exact) mass is 668 g/mol. The number of rotatable bonds is 6. The molecule has 240 valence electrons. The van der Waals surface area contributed by atoms with E-state index in [1.165, 1.54) is 75.6 Å². The molecule has 3 heteroatoms. The molecule has 10 aromatic rings. The Morgan fingerprint density at radius 3 is 1.61 bits per heavy atom. The van der Waals surface area contributed by atoms with Crippen LogP contribution in [0.1, 0.15) is 0 Å². The van der Waals surface area contributed by atoms with Gasteiger partial charge in [0.25, 0.3) is 0 Å². The minimum absolute atomic E-state index is 1.11. The van der Waals surface area contributed by atoms with Crippen molar-refractivity contribution < 1.29 is 0 Å². The van der Waals surface area contributed by atoms with E-state index < -0.39 is 0 Å². The van der Waals surface area contributed by atoms with Gasteiger partial charge in [-0.15, -0.1) is 11.3 Å². The minimum Gasteiger partial charge on any atom is -0.310 e. The van der Waals surface area contributed by atoms with Crippen molar-refractivity contribution in [2.75, 3.05) is 4.90 Å². The van der Waals surface area contributed by atoms with Crippen LogP contribution >= 0.6 is 11.3 Å². The normalized spacial score (nSPS) is 11.5. The van der Waals surface area contributed by atoms with Crippen molar-refractivity contribution in [1.29, 1.82) is 0 Å². The van der Waals surface area contributed by atoms with Gasteiger partial charge >= 0.3 is 0 Å². The van der Waals surface area contributed by atoms with E-state index in [0.29, 0.717) is 0 Å². The molecule has 0 aliphatic rings. The lowest BCUT2D eigenvalue weighted by atomic mass is 10.0. The smallest absolute Gasteiger partial charge is 0.0554 e. The molecule has 0 fully saturated rings. The summed E-state index contributed by atoms with van der Waals surface area (Å²) >= 11 is 1.86. The Bertz CT molecular complexity index is 2790. The first-order chi connectivity index (χ1) is 25.3. The molecule has 0 aliphatic carbocycles. The maximum Gasteiger partial charge on any atom is 0.0554 e. The second-order valence-electron chi connectivity index (χ2n) is 12.9. The molecule has 0 amide bonds. The molecule has 0 bridgehead atoms. The Labute approximate surface area is 300 Å². The summed E-state index contributed by atoms with van der Waals surface area (Å²) in [4.78, 5) is 2.42. The van der Waals surface area contributed by atoms with Gasteiger partial charge in [0.15, 0.2) is 0 Å².